The second kappa shape index (κ2) is 2.54. The van der Waals surface area contributed by atoms with Crippen LogP contribution in [-0.2, 0) is 0 Å². The van der Waals surface area contributed by atoms with Crippen LogP contribution in [0.3, 0.4) is 0 Å². The summed E-state index contributed by atoms with van der Waals surface area (Å²) in [5, 5.41) is 0. The van der Waals surface area contributed by atoms with E-state index in [9.17, 15) is 0 Å². The molecule has 60 valence electrons. The molecular formula is C9H19N. The van der Waals surface area contributed by atoms with Crippen molar-refractivity contribution in [3.63, 3.8) is 0 Å². The maximum absolute atomic E-state index is 5.66. The lowest BCUT2D eigenvalue weighted by Crippen LogP contribution is -2.14. The van der Waals surface area contributed by atoms with Crippen molar-refractivity contribution in [1.82, 2.24) is 0 Å². The Bertz CT molecular complexity index is 116. The third-order valence-corrected chi connectivity index (χ3v) is 2.69. The maximum atomic E-state index is 5.66. The fourth-order valence-electron chi connectivity index (χ4n) is 1.53. The van der Waals surface area contributed by atoms with Gasteiger partial charge in [-0.05, 0) is 37.5 Å². The van der Waals surface area contributed by atoms with Gasteiger partial charge in [0.05, 0.1) is 0 Å². The molecule has 2 N–H and O–H groups in total. The molecule has 0 aliphatic heterocycles. The molecule has 1 rings (SSSR count). The average molecular weight is 141 g/mol. The average Bonchev–Trinajstić information content (AvgIpc) is 2.35. The molecule has 0 bridgehead atoms. The third kappa shape index (κ3) is 1.98. The second-order valence-electron chi connectivity index (χ2n) is 4.44. The van der Waals surface area contributed by atoms with E-state index in [-0.39, 0.29) is 0 Å². The summed E-state index contributed by atoms with van der Waals surface area (Å²) in [6, 6.07) is 0.399. The van der Waals surface area contributed by atoms with Gasteiger partial charge in [0.15, 0.2) is 0 Å². The highest BCUT2D eigenvalue weighted by Gasteiger charge is 2.44. The minimum atomic E-state index is 0.399. The molecule has 1 aliphatic rings. The number of nitrogens with two attached hydrogens (primary N) is 1. The van der Waals surface area contributed by atoms with E-state index in [1.54, 1.807) is 0 Å². The van der Waals surface area contributed by atoms with E-state index >= 15 is 0 Å². The molecule has 0 spiro atoms. The summed E-state index contributed by atoms with van der Waals surface area (Å²) in [5.74, 6) is 0.971. The SMILES string of the molecule is CC(N)CCC1CC1(C)C. The fourth-order valence-corrected chi connectivity index (χ4v) is 1.53. The molecule has 1 saturated carbocycles. The van der Waals surface area contributed by atoms with Gasteiger partial charge in [0, 0.05) is 6.04 Å². The maximum Gasteiger partial charge on any atom is 0.00105 e. The fraction of sp³-hybridized carbons (Fsp3) is 1.00. The molecule has 10 heavy (non-hydrogen) atoms. The van der Waals surface area contributed by atoms with Crippen molar-refractivity contribution < 1.29 is 0 Å². The van der Waals surface area contributed by atoms with Crippen LogP contribution in [-0.4, -0.2) is 6.04 Å². The van der Waals surface area contributed by atoms with Crippen LogP contribution < -0.4 is 5.73 Å². The predicted molar refractivity (Wildman–Crippen MR) is 44.8 cm³/mol. The highest BCUT2D eigenvalue weighted by Crippen LogP contribution is 2.54. The Labute approximate surface area is 64.0 Å². The summed E-state index contributed by atoms with van der Waals surface area (Å²) in [7, 11) is 0. The molecular weight excluding hydrogens is 122 g/mol. The normalized spacial score (nSPS) is 31.8. The second-order valence-corrected chi connectivity index (χ2v) is 4.44. The Morgan fingerprint density at radius 2 is 2.10 bits per heavy atom. The van der Waals surface area contributed by atoms with Crippen LogP contribution in [0.1, 0.15) is 40.0 Å². The molecule has 0 heterocycles. The van der Waals surface area contributed by atoms with Gasteiger partial charge >= 0.3 is 0 Å². The smallest absolute Gasteiger partial charge is 0.00105 e. The van der Waals surface area contributed by atoms with Crippen molar-refractivity contribution >= 4 is 0 Å². The van der Waals surface area contributed by atoms with E-state index in [1.165, 1.54) is 19.3 Å². The van der Waals surface area contributed by atoms with E-state index in [0.29, 0.717) is 11.5 Å². The van der Waals surface area contributed by atoms with Gasteiger partial charge in [-0.1, -0.05) is 13.8 Å². The Morgan fingerprint density at radius 3 is 2.40 bits per heavy atom. The molecule has 1 nitrogen and oxygen atoms in total. The van der Waals surface area contributed by atoms with Crippen LogP contribution in [0.25, 0.3) is 0 Å². The molecule has 2 atom stereocenters. The Hall–Kier alpha value is -0.0400. The molecule has 0 aromatic heterocycles. The van der Waals surface area contributed by atoms with E-state index in [0.717, 1.165) is 5.92 Å². The first-order valence-electron chi connectivity index (χ1n) is 4.28. The van der Waals surface area contributed by atoms with Crippen LogP contribution in [0.15, 0.2) is 0 Å². The monoisotopic (exact) mass is 141 g/mol. The van der Waals surface area contributed by atoms with Crippen molar-refractivity contribution in [3.8, 4) is 0 Å². The lowest BCUT2D eigenvalue weighted by molar-refractivity contribution is 0.496. The van der Waals surface area contributed by atoms with Gasteiger partial charge in [-0.15, -0.1) is 0 Å². The zero-order valence-electron chi connectivity index (χ0n) is 7.35. The molecule has 0 radical (unpaired) electrons. The minimum Gasteiger partial charge on any atom is -0.328 e. The first kappa shape index (κ1) is 8.06. The van der Waals surface area contributed by atoms with Crippen molar-refractivity contribution in [3.05, 3.63) is 0 Å². The zero-order chi connectivity index (χ0) is 7.78. The van der Waals surface area contributed by atoms with Crippen LogP contribution in [0.2, 0.25) is 0 Å². The number of hydrogen-bond acceptors (Lipinski definition) is 1. The number of rotatable bonds is 3. The van der Waals surface area contributed by atoms with Gasteiger partial charge in [-0.25, -0.2) is 0 Å². The first-order chi connectivity index (χ1) is 4.52. The first-order valence-corrected chi connectivity index (χ1v) is 4.28. The largest absolute Gasteiger partial charge is 0.328 e. The van der Waals surface area contributed by atoms with Crippen molar-refractivity contribution in [2.45, 2.75) is 46.1 Å². The summed E-state index contributed by atoms with van der Waals surface area (Å²) in [4.78, 5) is 0. The summed E-state index contributed by atoms with van der Waals surface area (Å²) in [6.07, 6.45) is 3.96. The molecule has 0 saturated heterocycles. The van der Waals surface area contributed by atoms with E-state index < -0.39 is 0 Å². The summed E-state index contributed by atoms with van der Waals surface area (Å²) < 4.78 is 0. The summed E-state index contributed by atoms with van der Waals surface area (Å²) in [6.45, 7) is 6.78. The van der Waals surface area contributed by atoms with Gasteiger partial charge in [0.1, 0.15) is 0 Å². The van der Waals surface area contributed by atoms with Crippen molar-refractivity contribution in [2.75, 3.05) is 0 Å². The molecule has 0 aromatic rings. The molecule has 0 amide bonds. The minimum absolute atomic E-state index is 0.399. The molecule has 2 unspecified atom stereocenters. The van der Waals surface area contributed by atoms with Crippen LogP contribution in [0, 0.1) is 11.3 Å². The third-order valence-electron chi connectivity index (χ3n) is 2.69. The van der Waals surface area contributed by atoms with Gasteiger partial charge in [-0.3, -0.25) is 0 Å². The lowest BCUT2D eigenvalue weighted by atomic mass is 10.0. The number of hydrogen-bond donors (Lipinski definition) is 1. The van der Waals surface area contributed by atoms with Crippen molar-refractivity contribution in [1.29, 1.82) is 0 Å². The standard InChI is InChI=1S/C9H19N/c1-7(10)4-5-8-6-9(8,2)3/h7-8H,4-6,10H2,1-3H3. The highest BCUT2D eigenvalue weighted by molar-refractivity contribution is 4.94. The van der Waals surface area contributed by atoms with Gasteiger partial charge < -0.3 is 5.73 Å². The molecule has 1 aliphatic carbocycles. The van der Waals surface area contributed by atoms with Gasteiger partial charge in [0.25, 0.3) is 0 Å². The van der Waals surface area contributed by atoms with E-state index in [4.69, 9.17) is 5.73 Å². The van der Waals surface area contributed by atoms with Crippen LogP contribution in [0.4, 0.5) is 0 Å². The molecule has 0 aromatic carbocycles. The van der Waals surface area contributed by atoms with E-state index in [2.05, 4.69) is 20.8 Å². The highest BCUT2D eigenvalue weighted by atomic mass is 14.6. The Balaban J connectivity index is 2.07. The summed E-state index contributed by atoms with van der Waals surface area (Å²) >= 11 is 0. The van der Waals surface area contributed by atoms with Gasteiger partial charge in [0.2, 0.25) is 0 Å². The van der Waals surface area contributed by atoms with Crippen molar-refractivity contribution in [2.24, 2.45) is 17.1 Å². The molecule has 1 heteroatoms. The van der Waals surface area contributed by atoms with Gasteiger partial charge in [-0.2, -0.15) is 0 Å². The Morgan fingerprint density at radius 1 is 1.60 bits per heavy atom. The summed E-state index contributed by atoms with van der Waals surface area (Å²) in [5.41, 5.74) is 6.30. The lowest BCUT2D eigenvalue weighted by Gasteiger charge is -2.05. The van der Waals surface area contributed by atoms with Crippen LogP contribution in [0.5, 0.6) is 0 Å². The molecule has 1 fully saturated rings. The topological polar surface area (TPSA) is 26.0 Å². The predicted octanol–water partition coefficient (Wildman–Crippen LogP) is 2.16. The quantitative estimate of drug-likeness (QED) is 0.640. The Kier molecular flexibility index (Phi) is 2.04. The van der Waals surface area contributed by atoms with E-state index in [1.807, 2.05) is 0 Å². The van der Waals surface area contributed by atoms with Crippen LogP contribution >= 0.6 is 0 Å². The zero-order valence-corrected chi connectivity index (χ0v) is 7.35.